The predicted molar refractivity (Wildman–Crippen MR) is 64.0 cm³/mol. The molecule has 2 unspecified atom stereocenters. The zero-order chi connectivity index (χ0) is 13.7. The topological polar surface area (TPSA) is 98.7 Å². The van der Waals surface area contributed by atoms with E-state index in [0.29, 0.717) is 19.4 Å². The minimum atomic E-state index is -0.781. The number of likely N-dealkylation sites (tertiary alicyclic amines) is 1. The molecule has 0 aromatic rings. The van der Waals surface area contributed by atoms with Crippen LogP contribution in [-0.2, 0) is 9.59 Å². The summed E-state index contributed by atoms with van der Waals surface area (Å²) >= 11 is 0. The van der Waals surface area contributed by atoms with E-state index in [1.54, 1.807) is 0 Å². The average Bonchev–Trinajstić information content (AvgIpc) is 2.31. The lowest BCUT2D eigenvalue weighted by atomic mass is 9.92. The van der Waals surface area contributed by atoms with Gasteiger partial charge in [-0.3, -0.25) is 19.8 Å². The molecular formula is C11H19N3O4. The second-order valence-electron chi connectivity index (χ2n) is 4.51. The summed E-state index contributed by atoms with van der Waals surface area (Å²) in [6, 6.07) is -0.511. The predicted octanol–water partition coefficient (Wildman–Crippen LogP) is -0.373. The molecule has 3 amide bonds. The molecule has 7 nitrogen and oxygen atoms in total. The lowest BCUT2D eigenvalue weighted by molar-refractivity contribution is -0.144. The van der Waals surface area contributed by atoms with Crippen molar-refractivity contribution >= 4 is 17.9 Å². The highest BCUT2D eigenvalue weighted by molar-refractivity contribution is 5.95. The summed E-state index contributed by atoms with van der Waals surface area (Å²) in [4.78, 5) is 35.2. The van der Waals surface area contributed by atoms with Crippen molar-refractivity contribution in [1.29, 1.82) is 0 Å². The van der Waals surface area contributed by atoms with Crippen LogP contribution in [0, 0.1) is 5.92 Å². The maximum atomic E-state index is 11.5. The van der Waals surface area contributed by atoms with Gasteiger partial charge in [-0.25, -0.2) is 4.79 Å². The van der Waals surface area contributed by atoms with Crippen molar-refractivity contribution in [2.24, 2.45) is 5.92 Å². The number of nitrogens with zero attached hydrogens (tertiary/aromatic N) is 1. The third-order valence-corrected chi connectivity index (χ3v) is 3.19. The van der Waals surface area contributed by atoms with E-state index in [1.807, 2.05) is 11.8 Å². The number of nitrogens with one attached hydrogen (secondary N) is 2. The molecule has 2 atom stereocenters. The molecule has 1 rings (SSSR count). The zero-order valence-corrected chi connectivity index (χ0v) is 10.6. The van der Waals surface area contributed by atoms with E-state index in [0.717, 1.165) is 0 Å². The highest BCUT2D eigenvalue weighted by Crippen LogP contribution is 2.22. The van der Waals surface area contributed by atoms with Gasteiger partial charge in [-0.05, 0) is 26.3 Å². The molecule has 1 saturated heterocycles. The first kappa shape index (κ1) is 14.4. The first-order valence-corrected chi connectivity index (χ1v) is 5.92. The molecule has 0 radical (unpaired) electrons. The molecule has 3 N–H and O–H groups in total. The molecule has 18 heavy (non-hydrogen) atoms. The summed E-state index contributed by atoms with van der Waals surface area (Å²) < 4.78 is 0. The van der Waals surface area contributed by atoms with Gasteiger partial charge in [0.25, 0.3) is 0 Å². The second kappa shape index (κ2) is 6.34. The van der Waals surface area contributed by atoms with Crippen molar-refractivity contribution in [3.8, 4) is 0 Å². The number of hydrogen-bond donors (Lipinski definition) is 3. The number of carboxylic acids is 1. The Morgan fingerprint density at radius 2 is 2.06 bits per heavy atom. The maximum Gasteiger partial charge on any atom is 0.321 e. The van der Waals surface area contributed by atoms with Crippen molar-refractivity contribution in [2.45, 2.75) is 25.8 Å². The van der Waals surface area contributed by atoms with Crippen molar-refractivity contribution in [3.05, 3.63) is 0 Å². The van der Waals surface area contributed by atoms with E-state index in [2.05, 4.69) is 10.6 Å². The quantitative estimate of drug-likeness (QED) is 0.640. The van der Waals surface area contributed by atoms with E-state index < -0.39 is 12.0 Å². The maximum absolute atomic E-state index is 11.5. The largest absolute Gasteiger partial charge is 0.481 e. The van der Waals surface area contributed by atoms with Gasteiger partial charge in [0.2, 0.25) is 5.91 Å². The normalized spacial score (nSPS) is 24.3. The van der Waals surface area contributed by atoms with Gasteiger partial charge in [0, 0.05) is 13.1 Å². The van der Waals surface area contributed by atoms with Crippen LogP contribution < -0.4 is 10.6 Å². The van der Waals surface area contributed by atoms with Crippen molar-refractivity contribution in [1.82, 2.24) is 15.5 Å². The number of urea groups is 1. The van der Waals surface area contributed by atoms with Crippen LogP contribution in [0.4, 0.5) is 4.79 Å². The number of rotatable bonds is 3. The molecule has 1 aliphatic heterocycles. The van der Waals surface area contributed by atoms with Crippen LogP contribution in [0.5, 0.6) is 0 Å². The molecule has 7 heteroatoms. The van der Waals surface area contributed by atoms with E-state index in [4.69, 9.17) is 5.11 Å². The van der Waals surface area contributed by atoms with Crippen LogP contribution in [0.25, 0.3) is 0 Å². The number of aliphatic carboxylic acids is 1. The summed E-state index contributed by atoms with van der Waals surface area (Å²) in [6.45, 7) is 2.56. The van der Waals surface area contributed by atoms with Crippen LogP contribution in [0.15, 0.2) is 0 Å². The first-order chi connectivity index (χ1) is 8.43. The van der Waals surface area contributed by atoms with Gasteiger partial charge < -0.3 is 10.4 Å². The number of imide groups is 1. The zero-order valence-electron chi connectivity index (χ0n) is 10.6. The Morgan fingerprint density at radius 3 is 2.56 bits per heavy atom. The SMILES string of the molecule is CNC(=O)NC(=O)CN1CCC(C(=O)O)CC1C. The van der Waals surface area contributed by atoms with Gasteiger partial charge in [-0.15, -0.1) is 0 Å². The number of amides is 3. The number of carbonyl (C=O) groups is 3. The molecular weight excluding hydrogens is 238 g/mol. The molecule has 0 spiro atoms. The van der Waals surface area contributed by atoms with Gasteiger partial charge in [0.15, 0.2) is 0 Å². The second-order valence-corrected chi connectivity index (χ2v) is 4.51. The van der Waals surface area contributed by atoms with Gasteiger partial charge >= 0.3 is 12.0 Å². The number of hydrogen-bond acceptors (Lipinski definition) is 4. The highest BCUT2D eigenvalue weighted by atomic mass is 16.4. The lowest BCUT2D eigenvalue weighted by Gasteiger charge is -2.35. The minimum absolute atomic E-state index is 0.0234. The Bertz CT molecular complexity index is 345. The fourth-order valence-electron chi connectivity index (χ4n) is 2.09. The highest BCUT2D eigenvalue weighted by Gasteiger charge is 2.30. The molecule has 102 valence electrons. The summed E-state index contributed by atoms with van der Waals surface area (Å²) in [6.07, 6.45) is 1.06. The fraction of sp³-hybridized carbons (Fsp3) is 0.727. The number of piperidine rings is 1. The van der Waals surface area contributed by atoms with Gasteiger partial charge in [0.1, 0.15) is 0 Å². The molecule has 1 fully saturated rings. The summed E-state index contributed by atoms with van der Waals surface area (Å²) in [5.74, 6) is -1.50. The Balaban J connectivity index is 2.42. The number of carboxylic acid groups (broad SMARTS) is 1. The molecule has 0 aromatic heterocycles. The molecule has 1 heterocycles. The fourth-order valence-corrected chi connectivity index (χ4v) is 2.09. The average molecular weight is 257 g/mol. The van der Waals surface area contributed by atoms with E-state index in [9.17, 15) is 14.4 Å². The van der Waals surface area contributed by atoms with Gasteiger partial charge in [0.05, 0.1) is 12.5 Å². The first-order valence-electron chi connectivity index (χ1n) is 5.92. The van der Waals surface area contributed by atoms with Crippen LogP contribution in [-0.4, -0.2) is 54.1 Å². The van der Waals surface area contributed by atoms with Gasteiger partial charge in [-0.2, -0.15) is 0 Å². The van der Waals surface area contributed by atoms with Gasteiger partial charge in [-0.1, -0.05) is 0 Å². The summed E-state index contributed by atoms with van der Waals surface area (Å²) in [5, 5.41) is 13.4. The Hall–Kier alpha value is -1.63. The number of carbonyl (C=O) groups excluding carboxylic acids is 2. The molecule has 0 aliphatic carbocycles. The Morgan fingerprint density at radius 1 is 1.39 bits per heavy atom. The third kappa shape index (κ3) is 3.99. The van der Waals surface area contributed by atoms with Crippen LogP contribution >= 0.6 is 0 Å². The van der Waals surface area contributed by atoms with E-state index in [-0.39, 0.29) is 24.4 Å². The monoisotopic (exact) mass is 257 g/mol. The molecule has 0 bridgehead atoms. The third-order valence-electron chi connectivity index (χ3n) is 3.19. The lowest BCUT2D eigenvalue weighted by Crippen LogP contribution is -2.49. The van der Waals surface area contributed by atoms with Crippen LogP contribution in [0.2, 0.25) is 0 Å². The molecule has 1 aliphatic rings. The Kier molecular flexibility index (Phi) is 5.08. The van der Waals surface area contributed by atoms with Crippen molar-refractivity contribution in [2.75, 3.05) is 20.1 Å². The summed E-state index contributed by atoms with van der Waals surface area (Å²) in [5.41, 5.74) is 0. The minimum Gasteiger partial charge on any atom is -0.481 e. The summed E-state index contributed by atoms with van der Waals surface area (Å²) in [7, 11) is 1.43. The molecule has 0 saturated carbocycles. The van der Waals surface area contributed by atoms with Crippen LogP contribution in [0.3, 0.4) is 0 Å². The smallest absolute Gasteiger partial charge is 0.321 e. The van der Waals surface area contributed by atoms with E-state index in [1.165, 1.54) is 7.05 Å². The van der Waals surface area contributed by atoms with Crippen molar-refractivity contribution in [3.63, 3.8) is 0 Å². The van der Waals surface area contributed by atoms with Crippen LogP contribution in [0.1, 0.15) is 19.8 Å². The Labute approximate surface area is 106 Å². The standard InChI is InChI=1S/C11H19N3O4/c1-7-5-8(10(16)17)3-4-14(7)6-9(15)13-11(18)12-2/h7-8H,3-6H2,1-2H3,(H,16,17)(H2,12,13,15,18). The molecule has 0 aromatic carbocycles. The van der Waals surface area contributed by atoms with Crippen molar-refractivity contribution < 1.29 is 19.5 Å². The van der Waals surface area contributed by atoms with E-state index >= 15 is 0 Å².